The number of oxime groups is 1. The molecule has 0 spiro atoms. The van der Waals surface area contributed by atoms with Gasteiger partial charge < -0.3 is 10.1 Å². The summed E-state index contributed by atoms with van der Waals surface area (Å²) in [5.74, 6) is 0. The molecule has 0 fully saturated rings. The summed E-state index contributed by atoms with van der Waals surface area (Å²) in [5.41, 5.74) is 4.65. The van der Waals surface area contributed by atoms with E-state index in [0.29, 0.717) is 5.71 Å². The summed E-state index contributed by atoms with van der Waals surface area (Å²) in [6.45, 7) is 2.68. The van der Waals surface area contributed by atoms with Gasteiger partial charge in [0, 0.05) is 30.1 Å². The monoisotopic (exact) mass is 352 g/mol. The summed E-state index contributed by atoms with van der Waals surface area (Å²) in [6, 6.07) is 12.2. The summed E-state index contributed by atoms with van der Waals surface area (Å²) < 4.78 is 0. The molecule has 0 aliphatic rings. The number of aromatic nitrogens is 2. The van der Waals surface area contributed by atoms with Gasteiger partial charge >= 0.3 is 0 Å². The van der Waals surface area contributed by atoms with E-state index in [-0.39, 0.29) is 0 Å². The van der Waals surface area contributed by atoms with Crippen LogP contribution < -0.4 is 0 Å². The Kier molecular flexibility index (Phi) is 5.21. The Hall–Kier alpha value is -2.57. The average Bonchev–Trinajstić information content (AvgIpc) is 3.07. The second-order valence-electron chi connectivity index (χ2n) is 6.05. The standard InChI is InChI=1S/C19H20N4OS/c1-13(22-24)18-17(15-6-4-14(5-7-15)12-23(2)3)21-19(25-18)16-8-10-20-11-9-16/h4-11,24H,12H2,1-3H3/b22-13+. The van der Waals surface area contributed by atoms with E-state index in [4.69, 9.17) is 4.98 Å². The lowest BCUT2D eigenvalue weighted by atomic mass is 10.1. The van der Waals surface area contributed by atoms with Crippen LogP contribution in [0.15, 0.2) is 53.9 Å². The van der Waals surface area contributed by atoms with Gasteiger partial charge in [0.15, 0.2) is 0 Å². The quantitative estimate of drug-likeness (QED) is 0.426. The third-order valence-electron chi connectivity index (χ3n) is 3.76. The Bertz CT molecular complexity index is 870. The number of hydrogen-bond donors (Lipinski definition) is 1. The second kappa shape index (κ2) is 7.55. The van der Waals surface area contributed by atoms with Crippen molar-refractivity contribution >= 4 is 17.0 Å². The first-order chi connectivity index (χ1) is 12.1. The van der Waals surface area contributed by atoms with Crippen LogP contribution >= 0.6 is 11.3 Å². The van der Waals surface area contributed by atoms with Gasteiger partial charge in [0.2, 0.25) is 0 Å². The van der Waals surface area contributed by atoms with Crippen molar-refractivity contribution in [3.8, 4) is 21.8 Å². The van der Waals surface area contributed by atoms with Crippen LogP contribution in [0.4, 0.5) is 0 Å². The molecule has 2 heterocycles. The highest BCUT2D eigenvalue weighted by atomic mass is 32.1. The van der Waals surface area contributed by atoms with Crippen LogP contribution in [0.1, 0.15) is 17.4 Å². The molecule has 128 valence electrons. The largest absolute Gasteiger partial charge is 0.411 e. The summed E-state index contributed by atoms with van der Waals surface area (Å²) in [7, 11) is 4.10. The van der Waals surface area contributed by atoms with Crippen molar-refractivity contribution < 1.29 is 5.21 Å². The Balaban J connectivity index is 2.04. The smallest absolute Gasteiger partial charge is 0.124 e. The molecule has 0 bridgehead atoms. The van der Waals surface area contributed by atoms with Crippen molar-refractivity contribution in [2.75, 3.05) is 14.1 Å². The Morgan fingerprint density at radius 2 is 1.76 bits per heavy atom. The van der Waals surface area contributed by atoms with Crippen LogP contribution in [-0.2, 0) is 6.54 Å². The van der Waals surface area contributed by atoms with E-state index in [1.807, 2.05) is 12.1 Å². The molecule has 6 heteroatoms. The maximum absolute atomic E-state index is 9.23. The van der Waals surface area contributed by atoms with E-state index < -0.39 is 0 Å². The van der Waals surface area contributed by atoms with Gasteiger partial charge in [-0.2, -0.15) is 0 Å². The third kappa shape index (κ3) is 3.92. The molecule has 0 atom stereocenters. The second-order valence-corrected chi connectivity index (χ2v) is 7.05. The SMILES string of the molecule is C/C(=N\O)c1sc(-c2ccncc2)nc1-c1ccc(CN(C)C)cc1. The van der Waals surface area contributed by atoms with Gasteiger partial charge in [0.1, 0.15) is 5.01 Å². The maximum Gasteiger partial charge on any atom is 0.124 e. The number of benzene rings is 1. The van der Waals surface area contributed by atoms with Gasteiger partial charge in [-0.1, -0.05) is 29.4 Å². The first-order valence-corrected chi connectivity index (χ1v) is 8.74. The van der Waals surface area contributed by atoms with Gasteiger partial charge in [-0.3, -0.25) is 4.98 Å². The normalized spacial score (nSPS) is 11.9. The Morgan fingerprint density at radius 1 is 1.08 bits per heavy atom. The van der Waals surface area contributed by atoms with Crippen LogP contribution in [0.2, 0.25) is 0 Å². The minimum Gasteiger partial charge on any atom is -0.411 e. The van der Waals surface area contributed by atoms with Gasteiger partial charge in [-0.05, 0) is 38.7 Å². The minimum atomic E-state index is 0.560. The molecule has 0 aliphatic carbocycles. The topological polar surface area (TPSA) is 61.6 Å². The van der Waals surface area contributed by atoms with Crippen LogP contribution in [-0.4, -0.2) is 39.9 Å². The molecule has 2 aromatic heterocycles. The fraction of sp³-hybridized carbons (Fsp3) is 0.211. The number of hydrogen-bond acceptors (Lipinski definition) is 6. The molecule has 0 radical (unpaired) electrons. The summed E-state index contributed by atoms with van der Waals surface area (Å²) in [5, 5.41) is 13.5. The fourth-order valence-electron chi connectivity index (χ4n) is 2.56. The fourth-order valence-corrected chi connectivity index (χ4v) is 3.59. The van der Waals surface area contributed by atoms with Gasteiger partial charge in [0.05, 0.1) is 16.3 Å². The summed E-state index contributed by atoms with van der Waals surface area (Å²) in [4.78, 5) is 11.9. The maximum atomic E-state index is 9.23. The van der Waals surface area contributed by atoms with E-state index >= 15 is 0 Å². The van der Waals surface area contributed by atoms with E-state index in [1.165, 1.54) is 16.9 Å². The lowest BCUT2D eigenvalue weighted by Gasteiger charge is -2.10. The lowest BCUT2D eigenvalue weighted by Crippen LogP contribution is -2.10. The molecule has 0 aliphatic heterocycles. The molecule has 25 heavy (non-hydrogen) atoms. The first-order valence-electron chi connectivity index (χ1n) is 7.93. The zero-order valence-electron chi connectivity index (χ0n) is 14.5. The zero-order chi connectivity index (χ0) is 17.8. The van der Waals surface area contributed by atoms with E-state index in [2.05, 4.69) is 53.4 Å². The molecular weight excluding hydrogens is 332 g/mol. The number of nitrogens with zero attached hydrogens (tertiary/aromatic N) is 4. The molecule has 0 unspecified atom stereocenters. The molecular formula is C19H20N4OS. The van der Waals surface area contributed by atoms with E-state index in [0.717, 1.165) is 33.3 Å². The highest BCUT2D eigenvalue weighted by Crippen LogP contribution is 2.34. The molecule has 3 rings (SSSR count). The van der Waals surface area contributed by atoms with Crippen molar-refractivity contribution in [3.05, 3.63) is 59.2 Å². The predicted octanol–water partition coefficient (Wildman–Crippen LogP) is 4.13. The van der Waals surface area contributed by atoms with Crippen molar-refractivity contribution in [1.29, 1.82) is 0 Å². The molecule has 0 amide bonds. The number of rotatable bonds is 5. The minimum absolute atomic E-state index is 0.560. The molecule has 5 nitrogen and oxygen atoms in total. The molecule has 1 N–H and O–H groups in total. The molecule has 0 saturated heterocycles. The van der Waals surface area contributed by atoms with Crippen LogP contribution in [0.25, 0.3) is 21.8 Å². The average molecular weight is 352 g/mol. The lowest BCUT2D eigenvalue weighted by molar-refractivity contribution is 0.319. The van der Waals surface area contributed by atoms with Crippen molar-refractivity contribution in [2.24, 2.45) is 5.16 Å². The number of thiazole rings is 1. The highest BCUT2D eigenvalue weighted by molar-refractivity contribution is 7.17. The number of pyridine rings is 1. The van der Waals surface area contributed by atoms with E-state index in [9.17, 15) is 5.21 Å². The van der Waals surface area contributed by atoms with Gasteiger partial charge in [-0.25, -0.2) is 4.98 Å². The molecule has 1 aromatic carbocycles. The van der Waals surface area contributed by atoms with Crippen LogP contribution in [0.5, 0.6) is 0 Å². The summed E-state index contributed by atoms with van der Waals surface area (Å²) in [6.07, 6.45) is 3.50. The van der Waals surface area contributed by atoms with Crippen molar-refractivity contribution in [2.45, 2.75) is 13.5 Å². The third-order valence-corrected chi connectivity index (χ3v) is 4.97. The highest BCUT2D eigenvalue weighted by Gasteiger charge is 2.17. The first kappa shape index (κ1) is 17.3. The Labute approximate surface area is 151 Å². The Morgan fingerprint density at radius 3 is 2.36 bits per heavy atom. The van der Waals surface area contributed by atoms with Crippen molar-refractivity contribution in [1.82, 2.24) is 14.9 Å². The van der Waals surface area contributed by atoms with Gasteiger partial charge in [0.25, 0.3) is 0 Å². The van der Waals surface area contributed by atoms with Crippen LogP contribution in [0, 0.1) is 0 Å². The van der Waals surface area contributed by atoms with Crippen LogP contribution in [0.3, 0.4) is 0 Å². The predicted molar refractivity (Wildman–Crippen MR) is 102 cm³/mol. The van der Waals surface area contributed by atoms with E-state index in [1.54, 1.807) is 19.3 Å². The van der Waals surface area contributed by atoms with Crippen molar-refractivity contribution in [3.63, 3.8) is 0 Å². The molecule has 3 aromatic rings. The van der Waals surface area contributed by atoms with Gasteiger partial charge in [-0.15, -0.1) is 11.3 Å². The molecule has 0 saturated carbocycles. The summed E-state index contributed by atoms with van der Waals surface area (Å²) >= 11 is 1.52. The zero-order valence-corrected chi connectivity index (χ0v) is 15.3.